The van der Waals surface area contributed by atoms with Crippen LogP contribution in [0.15, 0.2) is 0 Å². The lowest BCUT2D eigenvalue weighted by molar-refractivity contribution is -0.155. The number of hydrogen-bond acceptors (Lipinski definition) is 4. The number of ketones is 1. The van der Waals surface area contributed by atoms with E-state index in [0.717, 1.165) is 6.42 Å². The van der Waals surface area contributed by atoms with Gasteiger partial charge in [-0.05, 0) is 20.3 Å². The van der Waals surface area contributed by atoms with Crippen LogP contribution in [0.25, 0.3) is 0 Å². The van der Waals surface area contributed by atoms with Gasteiger partial charge in [-0.2, -0.15) is 0 Å². The van der Waals surface area contributed by atoms with Crippen molar-refractivity contribution in [2.45, 2.75) is 52.2 Å². The first-order valence-corrected chi connectivity index (χ1v) is 6.00. The Hall–Kier alpha value is -0.900. The Morgan fingerprint density at radius 1 is 1.38 bits per heavy atom. The summed E-state index contributed by atoms with van der Waals surface area (Å²) in [5.41, 5.74) is 0. The third-order valence-corrected chi connectivity index (χ3v) is 3.14. The topological polar surface area (TPSA) is 46.6 Å². The van der Waals surface area contributed by atoms with Crippen LogP contribution in [0.3, 0.4) is 0 Å². The number of esters is 1. The van der Waals surface area contributed by atoms with Crippen molar-refractivity contribution in [1.29, 1.82) is 0 Å². The molecule has 92 valence electrons. The molecule has 16 heavy (non-hydrogen) atoms. The van der Waals surface area contributed by atoms with Crippen LogP contribution < -0.4 is 0 Å². The van der Waals surface area contributed by atoms with Crippen LogP contribution in [-0.2, 0) is 14.3 Å². The Labute approximate surface area is 96.9 Å². The fourth-order valence-corrected chi connectivity index (χ4v) is 1.69. The van der Waals surface area contributed by atoms with Crippen molar-refractivity contribution < 1.29 is 14.3 Å². The van der Waals surface area contributed by atoms with Gasteiger partial charge in [-0.1, -0.05) is 6.92 Å². The van der Waals surface area contributed by atoms with Crippen LogP contribution in [0, 0.1) is 0 Å². The molecule has 0 aromatic carbocycles. The maximum atomic E-state index is 11.7. The number of carbonyl (C=O) groups excluding carboxylic acids is 2. The van der Waals surface area contributed by atoms with Crippen molar-refractivity contribution in [3.63, 3.8) is 0 Å². The van der Waals surface area contributed by atoms with E-state index in [2.05, 4.69) is 0 Å². The highest BCUT2D eigenvalue weighted by Crippen LogP contribution is 2.11. The standard InChI is InChI=1S/C12H21NO3/c1-4-9(2)16-12(15)10(3)13-7-5-11(14)6-8-13/h9-10H,4-8H2,1-3H3. The van der Waals surface area contributed by atoms with Crippen molar-refractivity contribution in [3.8, 4) is 0 Å². The van der Waals surface area contributed by atoms with Crippen LogP contribution in [0.2, 0.25) is 0 Å². The molecule has 0 bridgehead atoms. The lowest BCUT2D eigenvalue weighted by atomic mass is 10.1. The average Bonchev–Trinajstić information content (AvgIpc) is 2.28. The van der Waals surface area contributed by atoms with Gasteiger partial charge in [0.2, 0.25) is 0 Å². The molecule has 1 rings (SSSR count). The molecule has 0 aliphatic carbocycles. The maximum absolute atomic E-state index is 11.7. The molecule has 1 fully saturated rings. The SMILES string of the molecule is CCC(C)OC(=O)C(C)N1CCC(=O)CC1. The van der Waals surface area contributed by atoms with Gasteiger partial charge in [-0.25, -0.2) is 0 Å². The van der Waals surface area contributed by atoms with Gasteiger partial charge in [0, 0.05) is 25.9 Å². The molecular formula is C12H21NO3. The molecule has 1 aliphatic heterocycles. The predicted octanol–water partition coefficient (Wildman–Crippen LogP) is 1.38. The molecule has 2 unspecified atom stereocenters. The van der Waals surface area contributed by atoms with Gasteiger partial charge in [0.15, 0.2) is 0 Å². The highest BCUT2D eigenvalue weighted by atomic mass is 16.5. The van der Waals surface area contributed by atoms with Crippen molar-refractivity contribution in [2.75, 3.05) is 13.1 Å². The molecule has 0 radical (unpaired) electrons. The normalized spacial score (nSPS) is 21.6. The van der Waals surface area contributed by atoms with Gasteiger partial charge >= 0.3 is 5.97 Å². The second-order valence-corrected chi connectivity index (χ2v) is 4.41. The van der Waals surface area contributed by atoms with Gasteiger partial charge in [-0.15, -0.1) is 0 Å². The molecule has 0 saturated carbocycles. The highest BCUT2D eigenvalue weighted by Gasteiger charge is 2.27. The molecule has 0 spiro atoms. The molecule has 0 N–H and O–H groups in total. The fraction of sp³-hybridized carbons (Fsp3) is 0.833. The number of Topliss-reactive ketones (excluding diaryl/α,β-unsaturated/α-hetero) is 1. The fourth-order valence-electron chi connectivity index (χ4n) is 1.69. The van der Waals surface area contributed by atoms with Gasteiger partial charge < -0.3 is 4.74 Å². The minimum atomic E-state index is -0.234. The van der Waals surface area contributed by atoms with E-state index in [1.807, 2.05) is 25.7 Å². The monoisotopic (exact) mass is 227 g/mol. The van der Waals surface area contributed by atoms with Crippen molar-refractivity contribution in [2.24, 2.45) is 0 Å². The van der Waals surface area contributed by atoms with Crippen LogP contribution in [0.1, 0.15) is 40.0 Å². The molecular weight excluding hydrogens is 206 g/mol. The Balaban J connectivity index is 2.41. The van der Waals surface area contributed by atoms with E-state index >= 15 is 0 Å². The summed E-state index contributed by atoms with van der Waals surface area (Å²) in [6.45, 7) is 7.08. The van der Waals surface area contributed by atoms with Gasteiger partial charge in [0.25, 0.3) is 0 Å². The van der Waals surface area contributed by atoms with Crippen LogP contribution in [-0.4, -0.2) is 41.9 Å². The number of carbonyl (C=O) groups is 2. The van der Waals surface area contributed by atoms with E-state index in [-0.39, 0.29) is 18.1 Å². The lowest BCUT2D eigenvalue weighted by Gasteiger charge is -2.30. The number of likely N-dealkylation sites (tertiary alicyclic amines) is 1. The predicted molar refractivity (Wildman–Crippen MR) is 61.1 cm³/mol. The Bertz CT molecular complexity index is 255. The summed E-state index contributed by atoms with van der Waals surface area (Å²) in [6.07, 6.45) is 1.92. The van der Waals surface area contributed by atoms with Crippen molar-refractivity contribution in [1.82, 2.24) is 4.90 Å². The van der Waals surface area contributed by atoms with Gasteiger partial charge in [0.1, 0.15) is 11.8 Å². The summed E-state index contributed by atoms with van der Waals surface area (Å²) in [7, 11) is 0. The van der Waals surface area contributed by atoms with E-state index in [4.69, 9.17) is 4.74 Å². The largest absolute Gasteiger partial charge is 0.462 e. The number of rotatable bonds is 4. The average molecular weight is 227 g/mol. The van der Waals surface area contributed by atoms with Crippen molar-refractivity contribution in [3.05, 3.63) is 0 Å². The second kappa shape index (κ2) is 5.99. The summed E-state index contributed by atoms with van der Waals surface area (Å²) in [5.74, 6) is 0.113. The highest BCUT2D eigenvalue weighted by molar-refractivity contribution is 5.80. The number of ether oxygens (including phenoxy) is 1. The van der Waals surface area contributed by atoms with Crippen LogP contribution in [0.5, 0.6) is 0 Å². The summed E-state index contributed by atoms with van der Waals surface area (Å²) >= 11 is 0. The van der Waals surface area contributed by atoms with Gasteiger partial charge in [-0.3, -0.25) is 14.5 Å². The van der Waals surface area contributed by atoms with Crippen molar-refractivity contribution >= 4 is 11.8 Å². The molecule has 4 nitrogen and oxygen atoms in total. The van der Waals surface area contributed by atoms with E-state index in [9.17, 15) is 9.59 Å². The smallest absolute Gasteiger partial charge is 0.323 e. The molecule has 0 aromatic rings. The Morgan fingerprint density at radius 2 is 1.94 bits per heavy atom. The molecule has 1 aliphatic rings. The van der Waals surface area contributed by atoms with E-state index in [0.29, 0.717) is 31.7 Å². The summed E-state index contributed by atoms with van der Waals surface area (Å²) < 4.78 is 5.28. The zero-order valence-corrected chi connectivity index (χ0v) is 10.4. The first-order chi connectivity index (χ1) is 7.54. The first kappa shape index (κ1) is 13.2. The zero-order chi connectivity index (χ0) is 12.1. The number of piperidine rings is 1. The summed E-state index contributed by atoms with van der Waals surface area (Å²) in [6, 6.07) is -0.234. The first-order valence-electron chi connectivity index (χ1n) is 6.00. The van der Waals surface area contributed by atoms with E-state index in [1.165, 1.54) is 0 Å². The molecule has 0 amide bonds. The molecule has 0 aromatic heterocycles. The molecule has 1 heterocycles. The summed E-state index contributed by atoms with van der Waals surface area (Å²) in [5, 5.41) is 0. The van der Waals surface area contributed by atoms with E-state index in [1.54, 1.807) is 0 Å². The molecule has 4 heteroatoms. The minimum Gasteiger partial charge on any atom is -0.462 e. The number of hydrogen-bond donors (Lipinski definition) is 0. The quantitative estimate of drug-likeness (QED) is 0.681. The van der Waals surface area contributed by atoms with Gasteiger partial charge in [0.05, 0.1) is 6.10 Å². The number of nitrogens with zero attached hydrogens (tertiary/aromatic N) is 1. The Kier molecular flexibility index (Phi) is 4.93. The summed E-state index contributed by atoms with van der Waals surface area (Å²) in [4.78, 5) is 24.8. The molecule has 1 saturated heterocycles. The Morgan fingerprint density at radius 3 is 2.44 bits per heavy atom. The minimum absolute atomic E-state index is 0.0265. The zero-order valence-electron chi connectivity index (χ0n) is 10.4. The third-order valence-electron chi connectivity index (χ3n) is 3.14. The lowest BCUT2D eigenvalue weighted by Crippen LogP contribution is -2.45. The second-order valence-electron chi connectivity index (χ2n) is 4.41. The van der Waals surface area contributed by atoms with E-state index < -0.39 is 0 Å². The van der Waals surface area contributed by atoms with Crippen LogP contribution in [0.4, 0.5) is 0 Å². The van der Waals surface area contributed by atoms with Crippen LogP contribution >= 0.6 is 0 Å². The maximum Gasteiger partial charge on any atom is 0.323 e. The third kappa shape index (κ3) is 3.59. The molecule has 2 atom stereocenters.